The molecule has 0 aliphatic rings. The first-order chi connectivity index (χ1) is 11.7. The lowest BCUT2D eigenvalue weighted by Gasteiger charge is -2.11. The van der Waals surface area contributed by atoms with Crippen molar-refractivity contribution >= 4 is 40.7 Å². The molecule has 0 fully saturated rings. The molecule has 1 N–H and O–H groups in total. The molecule has 0 aromatic heterocycles. The summed E-state index contributed by atoms with van der Waals surface area (Å²) in [4.78, 5) is 23.4. The van der Waals surface area contributed by atoms with Crippen LogP contribution < -0.4 is 5.32 Å². The quantitative estimate of drug-likeness (QED) is 0.560. The SMILES string of the molecule is CC(=O)c1ccc(NC(=O)CSc2ccc(Cl)c(C(F)(F)F)c2)cc1. The molecule has 0 saturated heterocycles. The summed E-state index contributed by atoms with van der Waals surface area (Å²) in [5.41, 5.74) is 0.0929. The fraction of sp³-hybridized carbons (Fsp3) is 0.176. The van der Waals surface area contributed by atoms with Gasteiger partial charge in [-0.2, -0.15) is 13.2 Å². The van der Waals surface area contributed by atoms with Gasteiger partial charge in [-0.1, -0.05) is 11.6 Å². The molecule has 0 bridgehead atoms. The number of thioether (sulfide) groups is 1. The summed E-state index contributed by atoms with van der Waals surface area (Å²) in [6.07, 6.45) is -4.55. The van der Waals surface area contributed by atoms with E-state index >= 15 is 0 Å². The van der Waals surface area contributed by atoms with E-state index in [1.54, 1.807) is 24.3 Å². The molecule has 0 aliphatic heterocycles. The van der Waals surface area contributed by atoms with Gasteiger partial charge >= 0.3 is 6.18 Å². The second kappa shape index (κ2) is 7.93. The molecular formula is C17H13ClF3NO2S. The molecule has 132 valence electrons. The van der Waals surface area contributed by atoms with Crippen molar-refractivity contribution in [3.05, 3.63) is 58.6 Å². The van der Waals surface area contributed by atoms with E-state index in [1.807, 2.05) is 0 Å². The lowest BCUT2D eigenvalue weighted by Crippen LogP contribution is -2.14. The summed E-state index contributed by atoms with van der Waals surface area (Å²) < 4.78 is 38.4. The third kappa shape index (κ3) is 5.51. The standard InChI is InChI=1S/C17H13ClF3NO2S/c1-10(23)11-2-4-12(5-3-11)22-16(24)9-25-13-6-7-15(18)14(8-13)17(19,20)21/h2-8H,9H2,1H3,(H,22,24). The normalized spacial score (nSPS) is 11.2. The highest BCUT2D eigenvalue weighted by atomic mass is 35.5. The molecule has 2 rings (SSSR count). The van der Waals surface area contributed by atoms with Gasteiger partial charge in [0.25, 0.3) is 0 Å². The van der Waals surface area contributed by atoms with Crippen molar-refractivity contribution in [3.8, 4) is 0 Å². The fourth-order valence-electron chi connectivity index (χ4n) is 1.95. The Morgan fingerprint density at radius 1 is 1.12 bits per heavy atom. The molecule has 2 aromatic carbocycles. The first-order valence-corrected chi connectivity index (χ1v) is 8.43. The fourth-order valence-corrected chi connectivity index (χ4v) is 2.91. The van der Waals surface area contributed by atoms with E-state index in [9.17, 15) is 22.8 Å². The van der Waals surface area contributed by atoms with Gasteiger partial charge in [-0.3, -0.25) is 9.59 Å². The van der Waals surface area contributed by atoms with Gasteiger partial charge < -0.3 is 5.32 Å². The van der Waals surface area contributed by atoms with E-state index in [0.29, 0.717) is 16.1 Å². The van der Waals surface area contributed by atoms with Crippen LogP contribution in [0.25, 0.3) is 0 Å². The molecule has 8 heteroatoms. The maximum absolute atomic E-state index is 12.8. The van der Waals surface area contributed by atoms with Crippen molar-refractivity contribution in [2.24, 2.45) is 0 Å². The predicted octanol–water partition coefficient (Wildman–Crippen LogP) is 5.29. The second-order valence-corrected chi connectivity index (χ2v) is 6.57. The Labute approximate surface area is 151 Å². The van der Waals surface area contributed by atoms with Crippen LogP contribution in [0.2, 0.25) is 5.02 Å². The molecule has 0 spiro atoms. The smallest absolute Gasteiger partial charge is 0.325 e. The average Bonchev–Trinajstić information content (AvgIpc) is 2.53. The van der Waals surface area contributed by atoms with Gasteiger partial charge in [-0.25, -0.2) is 0 Å². The third-order valence-electron chi connectivity index (χ3n) is 3.19. The Balaban J connectivity index is 1.97. The molecule has 1 amide bonds. The largest absolute Gasteiger partial charge is 0.417 e. The summed E-state index contributed by atoms with van der Waals surface area (Å²) in [5, 5.41) is 2.23. The van der Waals surface area contributed by atoms with E-state index in [1.165, 1.54) is 13.0 Å². The number of hydrogen-bond acceptors (Lipinski definition) is 3. The molecule has 3 nitrogen and oxygen atoms in total. The number of nitrogens with one attached hydrogen (secondary N) is 1. The summed E-state index contributed by atoms with van der Waals surface area (Å²) in [6, 6.07) is 9.84. The third-order valence-corrected chi connectivity index (χ3v) is 4.51. The van der Waals surface area contributed by atoms with Crippen molar-refractivity contribution in [2.45, 2.75) is 18.0 Å². The number of benzene rings is 2. The number of rotatable bonds is 5. The van der Waals surface area contributed by atoms with Crippen LogP contribution in [0.3, 0.4) is 0 Å². The summed E-state index contributed by atoms with van der Waals surface area (Å²) >= 11 is 6.52. The van der Waals surface area contributed by atoms with Crippen LogP contribution in [-0.2, 0) is 11.0 Å². The number of halogens is 4. The second-order valence-electron chi connectivity index (χ2n) is 5.11. The van der Waals surface area contributed by atoms with Crippen LogP contribution in [-0.4, -0.2) is 17.4 Å². The van der Waals surface area contributed by atoms with E-state index in [2.05, 4.69) is 5.32 Å². The molecule has 25 heavy (non-hydrogen) atoms. The van der Waals surface area contributed by atoms with Crippen LogP contribution in [0.4, 0.5) is 18.9 Å². The lowest BCUT2D eigenvalue weighted by molar-refractivity contribution is -0.137. The van der Waals surface area contributed by atoms with E-state index < -0.39 is 11.7 Å². The summed E-state index contributed by atoms with van der Waals surface area (Å²) in [7, 11) is 0. The lowest BCUT2D eigenvalue weighted by atomic mass is 10.1. The van der Waals surface area contributed by atoms with Crippen molar-refractivity contribution in [3.63, 3.8) is 0 Å². The molecule has 0 heterocycles. The number of anilines is 1. The Hall–Kier alpha value is -1.99. The number of Topliss-reactive ketones (excluding diaryl/α,β-unsaturated/α-hetero) is 1. The van der Waals surface area contributed by atoms with E-state index in [-0.39, 0.29) is 22.5 Å². The highest BCUT2D eigenvalue weighted by Crippen LogP contribution is 2.37. The Kier molecular flexibility index (Phi) is 6.13. The van der Waals surface area contributed by atoms with E-state index in [4.69, 9.17) is 11.6 Å². The highest BCUT2D eigenvalue weighted by Gasteiger charge is 2.33. The van der Waals surface area contributed by atoms with Crippen LogP contribution in [0.5, 0.6) is 0 Å². The van der Waals surface area contributed by atoms with Crippen molar-refractivity contribution in [1.82, 2.24) is 0 Å². The van der Waals surface area contributed by atoms with Gasteiger partial charge in [-0.15, -0.1) is 11.8 Å². The Morgan fingerprint density at radius 2 is 1.76 bits per heavy atom. The zero-order valence-corrected chi connectivity index (χ0v) is 14.6. The van der Waals surface area contributed by atoms with Crippen molar-refractivity contribution in [2.75, 3.05) is 11.1 Å². The van der Waals surface area contributed by atoms with Crippen LogP contribution >= 0.6 is 23.4 Å². The number of hydrogen-bond donors (Lipinski definition) is 1. The number of amides is 1. The number of alkyl halides is 3. The molecule has 0 saturated carbocycles. The molecular weight excluding hydrogens is 375 g/mol. The van der Waals surface area contributed by atoms with Crippen LogP contribution in [0.15, 0.2) is 47.4 Å². The van der Waals surface area contributed by atoms with E-state index in [0.717, 1.165) is 23.9 Å². The topological polar surface area (TPSA) is 46.2 Å². The van der Waals surface area contributed by atoms with Crippen molar-refractivity contribution < 1.29 is 22.8 Å². The first-order valence-electron chi connectivity index (χ1n) is 7.07. The molecule has 0 atom stereocenters. The zero-order valence-electron chi connectivity index (χ0n) is 13.0. The monoisotopic (exact) mass is 387 g/mol. The van der Waals surface area contributed by atoms with Crippen LogP contribution in [0.1, 0.15) is 22.8 Å². The average molecular weight is 388 g/mol. The predicted molar refractivity (Wildman–Crippen MR) is 92.3 cm³/mol. The summed E-state index contributed by atoms with van der Waals surface area (Å²) in [6.45, 7) is 1.44. The number of carbonyl (C=O) groups is 2. The maximum atomic E-state index is 12.8. The molecule has 0 radical (unpaired) electrons. The Morgan fingerprint density at radius 3 is 2.32 bits per heavy atom. The van der Waals surface area contributed by atoms with Crippen LogP contribution in [0, 0.1) is 0 Å². The van der Waals surface area contributed by atoms with Gasteiger partial charge in [0, 0.05) is 16.1 Å². The zero-order chi connectivity index (χ0) is 18.6. The van der Waals surface area contributed by atoms with Gasteiger partial charge in [0.2, 0.25) is 5.91 Å². The summed E-state index contributed by atoms with van der Waals surface area (Å²) in [5.74, 6) is -0.520. The van der Waals surface area contributed by atoms with Gasteiger partial charge in [0.05, 0.1) is 16.3 Å². The highest BCUT2D eigenvalue weighted by molar-refractivity contribution is 8.00. The van der Waals surface area contributed by atoms with Crippen molar-refractivity contribution in [1.29, 1.82) is 0 Å². The minimum absolute atomic E-state index is 0.0621. The number of ketones is 1. The minimum Gasteiger partial charge on any atom is -0.325 e. The van der Waals surface area contributed by atoms with Gasteiger partial charge in [0.15, 0.2) is 5.78 Å². The Bertz CT molecular complexity index is 791. The molecule has 0 aliphatic carbocycles. The molecule has 2 aromatic rings. The van der Waals surface area contributed by atoms with Gasteiger partial charge in [0.1, 0.15) is 0 Å². The first kappa shape index (κ1) is 19.3. The maximum Gasteiger partial charge on any atom is 0.417 e. The van der Waals surface area contributed by atoms with Gasteiger partial charge in [-0.05, 0) is 49.4 Å². The number of carbonyl (C=O) groups excluding carboxylic acids is 2. The molecule has 0 unspecified atom stereocenters. The minimum atomic E-state index is -4.55.